The van der Waals surface area contributed by atoms with Gasteiger partial charge in [-0.15, -0.1) is 4.68 Å². The maximum Gasteiger partial charge on any atom is 0.409 e. The van der Waals surface area contributed by atoms with Gasteiger partial charge in [0, 0.05) is 13.2 Å². The van der Waals surface area contributed by atoms with Gasteiger partial charge in [-0.1, -0.05) is 11.6 Å². The van der Waals surface area contributed by atoms with Crippen molar-refractivity contribution in [2.24, 2.45) is 7.05 Å². The van der Waals surface area contributed by atoms with Gasteiger partial charge in [0.1, 0.15) is 5.69 Å². The Morgan fingerprint density at radius 1 is 1.56 bits per heavy atom. The molecular weight excluding hydrogens is 264 g/mol. The number of aliphatic hydroxyl groups excluding tert-OH is 1. The van der Waals surface area contributed by atoms with Gasteiger partial charge in [-0.2, -0.15) is 0 Å². The third-order valence-electron chi connectivity index (χ3n) is 2.23. The summed E-state index contributed by atoms with van der Waals surface area (Å²) in [5.41, 5.74) is -0.576. The standard InChI is InChI=1S/C9H13ClN4O4/c1-13-9(16)7(11-4-2-3-5-15)6(10)8(12-13)14(17)18/h11,15H,2-5H2,1H3. The van der Waals surface area contributed by atoms with E-state index in [1.54, 1.807) is 0 Å². The van der Waals surface area contributed by atoms with E-state index in [-0.39, 0.29) is 17.3 Å². The van der Waals surface area contributed by atoms with Crippen molar-refractivity contribution < 1.29 is 10.0 Å². The van der Waals surface area contributed by atoms with Crippen LogP contribution >= 0.6 is 11.6 Å². The molecule has 1 heterocycles. The average molecular weight is 277 g/mol. The molecule has 0 radical (unpaired) electrons. The summed E-state index contributed by atoms with van der Waals surface area (Å²) in [5, 5.41) is 25.2. The lowest BCUT2D eigenvalue weighted by Gasteiger charge is -2.07. The summed E-state index contributed by atoms with van der Waals surface area (Å²) in [7, 11) is 1.31. The van der Waals surface area contributed by atoms with E-state index in [2.05, 4.69) is 10.4 Å². The van der Waals surface area contributed by atoms with Crippen molar-refractivity contribution in [3.63, 3.8) is 0 Å². The number of nitrogens with zero attached hydrogens (tertiary/aromatic N) is 3. The van der Waals surface area contributed by atoms with Crippen molar-refractivity contribution in [2.45, 2.75) is 12.8 Å². The number of anilines is 1. The van der Waals surface area contributed by atoms with Crippen LogP contribution in [0.5, 0.6) is 0 Å². The molecule has 0 saturated heterocycles. The summed E-state index contributed by atoms with van der Waals surface area (Å²) in [6, 6.07) is 0. The Kier molecular flexibility index (Phi) is 5.05. The number of unbranched alkanes of at least 4 members (excludes halogenated alkanes) is 1. The molecule has 9 heteroatoms. The van der Waals surface area contributed by atoms with Crippen LogP contribution in [0.1, 0.15) is 12.8 Å². The van der Waals surface area contributed by atoms with Gasteiger partial charge in [0.2, 0.25) is 0 Å². The van der Waals surface area contributed by atoms with Crippen molar-refractivity contribution in [2.75, 3.05) is 18.5 Å². The Balaban J connectivity index is 3.02. The number of aryl methyl sites for hydroxylation is 1. The van der Waals surface area contributed by atoms with Crippen molar-refractivity contribution in [1.29, 1.82) is 0 Å². The van der Waals surface area contributed by atoms with E-state index in [4.69, 9.17) is 16.7 Å². The minimum absolute atomic E-state index is 0.0428. The quantitative estimate of drug-likeness (QED) is 0.445. The van der Waals surface area contributed by atoms with Crippen molar-refractivity contribution in [3.05, 3.63) is 25.5 Å². The molecule has 8 nitrogen and oxygen atoms in total. The molecule has 1 aromatic heterocycles. The molecule has 0 aliphatic heterocycles. The summed E-state index contributed by atoms with van der Waals surface area (Å²) >= 11 is 5.76. The Morgan fingerprint density at radius 3 is 2.78 bits per heavy atom. The third-order valence-corrected chi connectivity index (χ3v) is 2.59. The van der Waals surface area contributed by atoms with E-state index in [1.165, 1.54) is 7.05 Å². The van der Waals surface area contributed by atoms with Crippen LogP contribution in [0.15, 0.2) is 4.79 Å². The molecule has 0 aliphatic rings. The lowest BCUT2D eigenvalue weighted by Crippen LogP contribution is -2.25. The molecule has 1 aromatic rings. The molecule has 0 amide bonds. The second-order valence-corrected chi connectivity index (χ2v) is 3.93. The summed E-state index contributed by atoms with van der Waals surface area (Å²) in [6.45, 7) is 0.431. The normalized spacial score (nSPS) is 10.4. The van der Waals surface area contributed by atoms with E-state index >= 15 is 0 Å². The van der Waals surface area contributed by atoms with Gasteiger partial charge in [-0.25, -0.2) is 0 Å². The van der Waals surface area contributed by atoms with Gasteiger partial charge in [0.15, 0.2) is 5.02 Å². The topological polar surface area (TPSA) is 110 Å². The molecule has 1 rings (SSSR count). The molecule has 18 heavy (non-hydrogen) atoms. The van der Waals surface area contributed by atoms with E-state index in [0.717, 1.165) is 4.68 Å². The zero-order valence-electron chi connectivity index (χ0n) is 9.72. The van der Waals surface area contributed by atoms with Crippen LogP contribution in [0.4, 0.5) is 11.5 Å². The zero-order chi connectivity index (χ0) is 13.7. The molecule has 0 aliphatic carbocycles. The monoisotopic (exact) mass is 276 g/mol. The zero-order valence-corrected chi connectivity index (χ0v) is 10.5. The number of hydrogen-bond acceptors (Lipinski definition) is 6. The number of nitrogens with one attached hydrogen (secondary N) is 1. The maximum absolute atomic E-state index is 11.7. The van der Waals surface area contributed by atoms with Crippen LogP contribution in [0.25, 0.3) is 0 Å². The summed E-state index contributed by atoms with van der Waals surface area (Å²) < 4.78 is 0.860. The second kappa shape index (κ2) is 6.31. The molecular formula is C9H13ClN4O4. The summed E-state index contributed by atoms with van der Waals surface area (Å²) in [6.07, 6.45) is 1.18. The molecule has 0 aromatic carbocycles. The number of aliphatic hydroxyl groups is 1. The van der Waals surface area contributed by atoms with Gasteiger partial charge in [0.05, 0.1) is 12.1 Å². The molecule has 0 unspecified atom stereocenters. The first kappa shape index (κ1) is 14.4. The van der Waals surface area contributed by atoms with Gasteiger partial charge >= 0.3 is 11.4 Å². The van der Waals surface area contributed by atoms with Crippen LogP contribution in [0.2, 0.25) is 5.02 Å². The number of hydrogen-bond donors (Lipinski definition) is 2. The Bertz CT molecular complexity index is 502. The molecule has 0 fully saturated rings. The number of rotatable bonds is 6. The van der Waals surface area contributed by atoms with Gasteiger partial charge in [-0.05, 0) is 17.8 Å². The molecule has 0 bridgehead atoms. The highest BCUT2D eigenvalue weighted by Gasteiger charge is 2.23. The van der Waals surface area contributed by atoms with Crippen molar-refractivity contribution in [3.8, 4) is 0 Å². The lowest BCUT2D eigenvalue weighted by molar-refractivity contribution is -0.390. The highest BCUT2D eigenvalue weighted by Crippen LogP contribution is 2.26. The Morgan fingerprint density at radius 2 is 2.22 bits per heavy atom. The van der Waals surface area contributed by atoms with Crippen LogP contribution < -0.4 is 10.9 Å². The molecule has 2 N–H and O–H groups in total. The van der Waals surface area contributed by atoms with Gasteiger partial charge in [-0.3, -0.25) is 4.79 Å². The maximum atomic E-state index is 11.7. The molecule has 0 saturated carbocycles. The third kappa shape index (κ3) is 3.17. The molecule has 100 valence electrons. The van der Waals surface area contributed by atoms with E-state index < -0.39 is 16.3 Å². The Labute approximate surface area is 107 Å². The minimum Gasteiger partial charge on any atom is -0.396 e. The van der Waals surface area contributed by atoms with Crippen molar-refractivity contribution in [1.82, 2.24) is 9.78 Å². The van der Waals surface area contributed by atoms with Gasteiger partial charge < -0.3 is 20.5 Å². The predicted molar refractivity (Wildman–Crippen MR) is 66.0 cm³/mol. The second-order valence-electron chi connectivity index (χ2n) is 3.56. The Hall–Kier alpha value is -1.67. The van der Waals surface area contributed by atoms with Gasteiger partial charge in [0.25, 0.3) is 0 Å². The first-order chi connectivity index (χ1) is 8.49. The van der Waals surface area contributed by atoms with E-state index in [9.17, 15) is 14.9 Å². The van der Waals surface area contributed by atoms with Crippen LogP contribution in [0.3, 0.4) is 0 Å². The van der Waals surface area contributed by atoms with E-state index in [0.29, 0.717) is 19.4 Å². The smallest absolute Gasteiger partial charge is 0.396 e. The predicted octanol–water partition coefficient (Wildman–Crippen LogP) is 0.526. The molecule has 0 spiro atoms. The fourth-order valence-electron chi connectivity index (χ4n) is 1.32. The van der Waals surface area contributed by atoms with Crippen LogP contribution in [0, 0.1) is 10.1 Å². The lowest BCUT2D eigenvalue weighted by atomic mass is 10.3. The fraction of sp³-hybridized carbons (Fsp3) is 0.556. The number of aromatic nitrogens is 2. The highest BCUT2D eigenvalue weighted by atomic mass is 35.5. The number of halogens is 1. The first-order valence-electron chi connectivity index (χ1n) is 5.25. The average Bonchev–Trinajstić information content (AvgIpc) is 2.32. The molecule has 0 atom stereocenters. The minimum atomic E-state index is -0.749. The number of nitro groups is 1. The van der Waals surface area contributed by atoms with Crippen molar-refractivity contribution >= 4 is 23.1 Å². The van der Waals surface area contributed by atoms with Crippen LogP contribution in [-0.2, 0) is 7.05 Å². The first-order valence-corrected chi connectivity index (χ1v) is 5.62. The summed E-state index contributed by atoms with van der Waals surface area (Å²) in [4.78, 5) is 21.7. The fourth-order valence-corrected chi connectivity index (χ4v) is 1.57. The SMILES string of the molecule is Cn1nc([N+](=O)[O-])c(Cl)c(NCCCCO)c1=O. The summed E-state index contributed by atoms with van der Waals surface area (Å²) in [5.74, 6) is -0.566. The highest BCUT2D eigenvalue weighted by molar-refractivity contribution is 6.34. The van der Waals surface area contributed by atoms with Crippen LogP contribution in [-0.4, -0.2) is 33.0 Å². The van der Waals surface area contributed by atoms with E-state index in [1.807, 2.05) is 0 Å². The largest absolute Gasteiger partial charge is 0.409 e.